The van der Waals surface area contributed by atoms with Gasteiger partial charge in [0.15, 0.2) is 0 Å². The van der Waals surface area contributed by atoms with E-state index in [1.165, 1.54) is 0 Å². The number of nitrogens with one attached hydrogen (secondary N) is 3. The summed E-state index contributed by atoms with van der Waals surface area (Å²) < 4.78 is 5.32. The Labute approximate surface area is 123 Å². The van der Waals surface area contributed by atoms with Gasteiger partial charge in [0.2, 0.25) is 0 Å². The maximum absolute atomic E-state index is 5.32. The monoisotopic (exact) mass is 281 g/mol. The zero-order chi connectivity index (χ0) is 14.7. The molecule has 1 aromatic carbocycles. The first-order valence-electron chi connectivity index (χ1n) is 6.85. The van der Waals surface area contributed by atoms with Crippen LogP contribution >= 0.6 is 0 Å². The zero-order valence-electron chi connectivity index (χ0n) is 12.0. The van der Waals surface area contributed by atoms with E-state index in [4.69, 9.17) is 4.74 Å². The summed E-state index contributed by atoms with van der Waals surface area (Å²) in [6, 6.07) is 12.5. The molecule has 3 rings (SSSR count). The maximum atomic E-state index is 5.32. The van der Waals surface area contributed by atoms with Crippen LogP contribution in [0.1, 0.15) is 6.92 Å². The molecule has 0 amide bonds. The van der Waals surface area contributed by atoms with Gasteiger partial charge in [-0.25, -0.2) is 4.98 Å². The molecule has 0 aliphatic rings. The van der Waals surface area contributed by atoms with Crippen LogP contribution in [0.5, 0.6) is 5.75 Å². The number of H-pyrrole nitrogens is 1. The van der Waals surface area contributed by atoms with Crippen LogP contribution < -0.4 is 15.4 Å². The summed E-state index contributed by atoms with van der Waals surface area (Å²) in [6.45, 7) is 2.93. The number of aromatic nitrogens is 2. The minimum Gasteiger partial charge on any atom is -0.495 e. The van der Waals surface area contributed by atoms with Crippen molar-refractivity contribution in [3.8, 4) is 5.75 Å². The summed E-state index contributed by atoms with van der Waals surface area (Å²) in [7, 11) is 1.64. The lowest BCUT2D eigenvalue weighted by atomic mass is 10.2. The smallest absolute Gasteiger partial charge is 0.142 e. The number of ether oxygens (including phenoxy) is 1. The second kappa shape index (κ2) is 5.75. The molecule has 21 heavy (non-hydrogen) atoms. The molecule has 3 N–H and O–H groups in total. The molecular weight excluding hydrogens is 264 g/mol. The Balaban J connectivity index is 2.00. The molecule has 5 heteroatoms. The lowest BCUT2D eigenvalue weighted by Crippen LogP contribution is -2.01. The summed E-state index contributed by atoms with van der Waals surface area (Å²) in [5.74, 6) is 1.49. The van der Waals surface area contributed by atoms with Gasteiger partial charge >= 0.3 is 0 Å². The number of aromatic amines is 1. The summed E-state index contributed by atoms with van der Waals surface area (Å²) in [6.07, 6.45) is 1.89. The molecule has 107 valence electrons. The Hall–Kier alpha value is -2.69. The Morgan fingerprint density at radius 3 is 3.05 bits per heavy atom. The second-order valence-corrected chi connectivity index (χ2v) is 4.58. The summed E-state index contributed by atoms with van der Waals surface area (Å²) in [4.78, 5) is 7.72. The predicted octanol–water partition coefficient (Wildman–Crippen LogP) is 3.55. The molecule has 0 bridgehead atoms. The summed E-state index contributed by atoms with van der Waals surface area (Å²) >= 11 is 0. The van der Waals surface area contributed by atoms with Crippen LogP contribution in [0.4, 0.5) is 17.2 Å². The van der Waals surface area contributed by atoms with Crippen molar-refractivity contribution in [1.82, 2.24) is 9.97 Å². The van der Waals surface area contributed by atoms with Gasteiger partial charge in [0, 0.05) is 29.9 Å². The molecule has 2 aromatic heterocycles. The average Bonchev–Trinajstić information content (AvgIpc) is 2.97. The lowest BCUT2D eigenvalue weighted by molar-refractivity contribution is 0.416. The maximum Gasteiger partial charge on any atom is 0.142 e. The number of methoxy groups -OCH3 is 1. The van der Waals surface area contributed by atoms with E-state index in [2.05, 4.69) is 33.6 Å². The molecule has 0 saturated carbocycles. The number of fused-ring (bicyclic) bond motifs is 1. The van der Waals surface area contributed by atoms with Crippen LogP contribution in [0.2, 0.25) is 0 Å². The van der Waals surface area contributed by atoms with E-state index in [1.807, 2.05) is 30.5 Å². The van der Waals surface area contributed by atoms with Crippen LogP contribution in [0.25, 0.3) is 11.0 Å². The highest BCUT2D eigenvalue weighted by atomic mass is 16.5. The Kier molecular flexibility index (Phi) is 3.64. The fourth-order valence-corrected chi connectivity index (χ4v) is 2.26. The van der Waals surface area contributed by atoms with E-state index in [1.54, 1.807) is 13.2 Å². The molecule has 0 aliphatic carbocycles. The molecule has 0 atom stereocenters. The van der Waals surface area contributed by atoms with E-state index in [0.29, 0.717) is 0 Å². The number of anilines is 3. The molecular formula is C16H17N4O. The standard InChI is InChI=1S/C16H17N4O/c1-3-17-13-10-15(20-16-11(13)8-9-18-16)19-12-6-4-5-7-14(12)21-2/h4,6-10H,3H2,1-2H3,(H3,17,18,19,20). The quantitative estimate of drug-likeness (QED) is 0.669. The van der Waals surface area contributed by atoms with E-state index in [9.17, 15) is 0 Å². The third-order valence-corrected chi connectivity index (χ3v) is 3.20. The fourth-order valence-electron chi connectivity index (χ4n) is 2.26. The van der Waals surface area contributed by atoms with Crippen LogP contribution in [-0.2, 0) is 0 Å². The van der Waals surface area contributed by atoms with Gasteiger partial charge in [-0.3, -0.25) is 0 Å². The molecule has 2 heterocycles. The topological polar surface area (TPSA) is 62.0 Å². The van der Waals surface area contributed by atoms with E-state index < -0.39 is 0 Å². The van der Waals surface area contributed by atoms with Crippen LogP contribution in [0.15, 0.2) is 36.5 Å². The first-order chi connectivity index (χ1) is 10.3. The van der Waals surface area contributed by atoms with Gasteiger partial charge in [-0.1, -0.05) is 6.07 Å². The van der Waals surface area contributed by atoms with Gasteiger partial charge in [0.25, 0.3) is 0 Å². The minimum absolute atomic E-state index is 0.732. The summed E-state index contributed by atoms with van der Waals surface area (Å²) in [5.41, 5.74) is 2.75. The average molecular weight is 281 g/mol. The van der Waals surface area contributed by atoms with Crippen molar-refractivity contribution < 1.29 is 4.74 Å². The van der Waals surface area contributed by atoms with Gasteiger partial charge in [0.05, 0.1) is 12.8 Å². The Morgan fingerprint density at radius 2 is 2.24 bits per heavy atom. The number of benzene rings is 1. The molecule has 0 saturated heterocycles. The third kappa shape index (κ3) is 2.63. The molecule has 0 unspecified atom stereocenters. The van der Waals surface area contributed by atoms with Gasteiger partial charge in [0.1, 0.15) is 17.2 Å². The minimum atomic E-state index is 0.732. The SMILES string of the molecule is CCNc1cc(Nc2cc[c]cc2OC)nc2[nH]ccc12. The molecule has 0 aliphatic heterocycles. The second-order valence-electron chi connectivity index (χ2n) is 4.58. The largest absolute Gasteiger partial charge is 0.495 e. The zero-order valence-corrected chi connectivity index (χ0v) is 12.0. The van der Waals surface area contributed by atoms with Crippen molar-refractivity contribution in [2.24, 2.45) is 0 Å². The van der Waals surface area contributed by atoms with E-state index >= 15 is 0 Å². The third-order valence-electron chi connectivity index (χ3n) is 3.20. The van der Waals surface area contributed by atoms with Crippen molar-refractivity contribution in [3.63, 3.8) is 0 Å². The summed E-state index contributed by atoms with van der Waals surface area (Å²) in [5, 5.41) is 7.72. The van der Waals surface area contributed by atoms with Crippen molar-refractivity contribution in [3.05, 3.63) is 42.6 Å². The number of hydrogen-bond donors (Lipinski definition) is 3. The highest BCUT2D eigenvalue weighted by Crippen LogP contribution is 2.29. The number of pyridine rings is 1. The number of hydrogen-bond acceptors (Lipinski definition) is 4. The van der Waals surface area contributed by atoms with Gasteiger partial charge < -0.3 is 20.4 Å². The van der Waals surface area contributed by atoms with Crippen molar-refractivity contribution in [2.75, 3.05) is 24.3 Å². The van der Waals surface area contributed by atoms with Gasteiger partial charge in [-0.05, 0) is 31.2 Å². The number of nitrogens with zero attached hydrogens (tertiary/aromatic N) is 1. The Morgan fingerprint density at radius 1 is 1.33 bits per heavy atom. The molecule has 0 fully saturated rings. The van der Waals surface area contributed by atoms with Gasteiger partial charge in [-0.2, -0.15) is 0 Å². The molecule has 0 spiro atoms. The molecule has 1 radical (unpaired) electrons. The van der Waals surface area contributed by atoms with Crippen molar-refractivity contribution in [1.29, 1.82) is 0 Å². The Bertz CT molecular complexity index is 751. The van der Waals surface area contributed by atoms with Crippen molar-refractivity contribution >= 4 is 28.2 Å². The normalized spacial score (nSPS) is 10.6. The van der Waals surface area contributed by atoms with Gasteiger partial charge in [-0.15, -0.1) is 0 Å². The lowest BCUT2D eigenvalue weighted by Gasteiger charge is -2.12. The van der Waals surface area contributed by atoms with E-state index in [-0.39, 0.29) is 0 Å². The van der Waals surface area contributed by atoms with Crippen LogP contribution in [-0.4, -0.2) is 23.6 Å². The molecule has 3 aromatic rings. The highest BCUT2D eigenvalue weighted by Gasteiger charge is 2.08. The first-order valence-corrected chi connectivity index (χ1v) is 6.85. The highest BCUT2D eigenvalue weighted by molar-refractivity contribution is 5.91. The number of rotatable bonds is 5. The van der Waals surface area contributed by atoms with E-state index in [0.717, 1.165) is 40.5 Å². The fraction of sp³-hybridized carbons (Fsp3) is 0.188. The first kappa shape index (κ1) is 13.3. The van der Waals surface area contributed by atoms with Crippen LogP contribution in [0.3, 0.4) is 0 Å². The van der Waals surface area contributed by atoms with Crippen molar-refractivity contribution in [2.45, 2.75) is 6.92 Å². The predicted molar refractivity (Wildman–Crippen MR) is 85.4 cm³/mol. The molecule has 5 nitrogen and oxygen atoms in total. The van der Waals surface area contributed by atoms with Crippen LogP contribution in [0, 0.1) is 6.07 Å².